The molecular formula is C19H18N6O5. The number of fused-ring (bicyclic) bond motifs is 1. The van der Waals surface area contributed by atoms with Gasteiger partial charge in [-0.25, -0.2) is 9.78 Å². The highest BCUT2D eigenvalue weighted by atomic mass is 16.6. The third-order valence-electron chi connectivity index (χ3n) is 4.12. The number of nitro groups is 1. The van der Waals surface area contributed by atoms with Gasteiger partial charge in [-0.1, -0.05) is 18.2 Å². The first-order valence-electron chi connectivity index (χ1n) is 8.88. The van der Waals surface area contributed by atoms with Crippen LogP contribution >= 0.6 is 0 Å². The number of benzene rings is 2. The van der Waals surface area contributed by atoms with Crippen LogP contribution in [0.25, 0.3) is 10.8 Å². The summed E-state index contributed by atoms with van der Waals surface area (Å²) < 4.78 is 0. The van der Waals surface area contributed by atoms with Gasteiger partial charge in [-0.2, -0.15) is 4.98 Å². The van der Waals surface area contributed by atoms with Crippen LogP contribution < -0.4 is 16.0 Å². The quantitative estimate of drug-likeness (QED) is 0.248. The molecule has 0 aliphatic carbocycles. The molecule has 3 rings (SSSR count). The van der Waals surface area contributed by atoms with Crippen molar-refractivity contribution < 1.29 is 19.6 Å². The van der Waals surface area contributed by atoms with Crippen LogP contribution in [0.4, 0.5) is 23.1 Å². The van der Waals surface area contributed by atoms with Crippen LogP contribution in [0.3, 0.4) is 0 Å². The van der Waals surface area contributed by atoms with Gasteiger partial charge in [0.15, 0.2) is 0 Å². The fourth-order valence-electron chi connectivity index (χ4n) is 2.80. The third kappa shape index (κ3) is 4.76. The predicted molar refractivity (Wildman–Crippen MR) is 110 cm³/mol. The Kier molecular flexibility index (Phi) is 6.01. The molecule has 3 aromatic rings. The number of nitrogens with one attached hydrogen (secondary N) is 3. The Morgan fingerprint density at radius 2 is 2.00 bits per heavy atom. The largest absolute Gasteiger partial charge is 0.478 e. The standard InChI is InChI=1S/C19H18N6O5/c1-11(26)20-7-8-21-17-16(25(29)30)10-22-19(24-17)23-13-5-6-14-12(9-13)3-2-4-15(14)18(27)28/h2-6,9-10H,7-8H2,1H3,(H,20,26)(H,27,28)(H2,21,22,23,24). The Morgan fingerprint density at radius 3 is 2.70 bits per heavy atom. The molecule has 0 radical (unpaired) electrons. The number of hydrogen-bond donors (Lipinski definition) is 4. The van der Waals surface area contributed by atoms with E-state index in [9.17, 15) is 24.8 Å². The number of carboxylic acid groups (broad SMARTS) is 1. The van der Waals surface area contributed by atoms with Crippen molar-refractivity contribution in [3.63, 3.8) is 0 Å². The van der Waals surface area contributed by atoms with Gasteiger partial charge in [0.05, 0.1) is 10.5 Å². The molecule has 1 amide bonds. The van der Waals surface area contributed by atoms with Crippen LogP contribution in [0.1, 0.15) is 17.3 Å². The minimum Gasteiger partial charge on any atom is -0.478 e. The van der Waals surface area contributed by atoms with Gasteiger partial charge in [0.2, 0.25) is 17.7 Å². The number of aromatic nitrogens is 2. The van der Waals surface area contributed by atoms with E-state index in [1.165, 1.54) is 13.0 Å². The molecule has 0 spiro atoms. The van der Waals surface area contributed by atoms with Gasteiger partial charge in [0.1, 0.15) is 6.20 Å². The smallest absolute Gasteiger partial charge is 0.336 e. The number of nitrogens with zero attached hydrogens (tertiary/aromatic N) is 3. The van der Waals surface area contributed by atoms with Gasteiger partial charge in [-0.3, -0.25) is 14.9 Å². The summed E-state index contributed by atoms with van der Waals surface area (Å²) in [5.41, 5.74) is 0.479. The highest BCUT2D eigenvalue weighted by Gasteiger charge is 2.17. The molecule has 30 heavy (non-hydrogen) atoms. The normalized spacial score (nSPS) is 10.4. The Hall–Kier alpha value is -4.28. The van der Waals surface area contributed by atoms with Crippen LogP contribution in [-0.2, 0) is 4.79 Å². The zero-order valence-electron chi connectivity index (χ0n) is 15.9. The number of amides is 1. The van der Waals surface area contributed by atoms with E-state index in [1.807, 2.05) is 0 Å². The second-order valence-electron chi connectivity index (χ2n) is 6.27. The minimum absolute atomic E-state index is 0.0109. The third-order valence-corrected chi connectivity index (χ3v) is 4.12. The number of hydrogen-bond acceptors (Lipinski definition) is 8. The van der Waals surface area contributed by atoms with E-state index in [4.69, 9.17) is 0 Å². The number of carbonyl (C=O) groups is 2. The summed E-state index contributed by atoms with van der Waals surface area (Å²) in [7, 11) is 0. The van der Waals surface area contributed by atoms with E-state index in [2.05, 4.69) is 25.9 Å². The minimum atomic E-state index is -1.02. The van der Waals surface area contributed by atoms with E-state index in [0.29, 0.717) is 16.5 Å². The molecule has 1 heterocycles. The summed E-state index contributed by atoms with van der Waals surface area (Å²) in [5.74, 6) is -1.10. The van der Waals surface area contributed by atoms with Crippen LogP contribution in [-0.4, -0.2) is 45.0 Å². The summed E-state index contributed by atoms with van der Waals surface area (Å²) in [4.78, 5) is 41.0. The molecule has 0 aliphatic heterocycles. The molecule has 2 aromatic carbocycles. The van der Waals surface area contributed by atoms with Crippen molar-refractivity contribution in [3.8, 4) is 0 Å². The Labute approximate surface area is 170 Å². The van der Waals surface area contributed by atoms with Crippen molar-refractivity contribution in [3.05, 3.63) is 58.3 Å². The fourth-order valence-corrected chi connectivity index (χ4v) is 2.80. The summed E-state index contributed by atoms with van der Waals surface area (Å²) in [6, 6.07) is 10.0. The molecule has 11 nitrogen and oxygen atoms in total. The summed E-state index contributed by atoms with van der Waals surface area (Å²) in [6.45, 7) is 1.89. The molecule has 0 saturated carbocycles. The van der Waals surface area contributed by atoms with E-state index < -0.39 is 10.9 Å². The maximum atomic E-state index is 11.3. The zero-order valence-corrected chi connectivity index (χ0v) is 15.9. The molecule has 11 heteroatoms. The van der Waals surface area contributed by atoms with Gasteiger partial charge in [0.25, 0.3) is 0 Å². The van der Waals surface area contributed by atoms with Gasteiger partial charge in [-0.15, -0.1) is 0 Å². The number of rotatable bonds is 8. The molecule has 0 aliphatic rings. The topological polar surface area (TPSA) is 159 Å². The maximum absolute atomic E-state index is 11.3. The van der Waals surface area contributed by atoms with Gasteiger partial charge in [-0.05, 0) is 29.0 Å². The first-order valence-corrected chi connectivity index (χ1v) is 8.88. The molecule has 0 unspecified atom stereocenters. The van der Waals surface area contributed by atoms with Crippen molar-refractivity contribution >= 4 is 45.8 Å². The number of carbonyl (C=O) groups excluding carboxylic acids is 1. The molecule has 154 valence electrons. The lowest BCUT2D eigenvalue weighted by molar-refractivity contribution is -0.384. The monoisotopic (exact) mass is 410 g/mol. The van der Waals surface area contributed by atoms with E-state index in [-0.39, 0.29) is 42.0 Å². The first kappa shape index (κ1) is 20.5. The van der Waals surface area contributed by atoms with Crippen molar-refractivity contribution in [1.82, 2.24) is 15.3 Å². The van der Waals surface area contributed by atoms with E-state index >= 15 is 0 Å². The lowest BCUT2D eigenvalue weighted by Gasteiger charge is -2.10. The van der Waals surface area contributed by atoms with Crippen LogP contribution in [0.5, 0.6) is 0 Å². The van der Waals surface area contributed by atoms with Crippen LogP contribution in [0, 0.1) is 10.1 Å². The highest BCUT2D eigenvalue weighted by Crippen LogP contribution is 2.26. The molecule has 0 saturated heterocycles. The molecule has 0 bridgehead atoms. The Morgan fingerprint density at radius 1 is 1.20 bits per heavy atom. The first-order chi connectivity index (χ1) is 14.3. The average Bonchev–Trinajstić information content (AvgIpc) is 2.70. The van der Waals surface area contributed by atoms with Crippen molar-refractivity contribution in [1.29, 1.82) is 0 Å². The fraction of sp³-hybridized carbons (Fsp3) is 0.158. The van der Waals surface area contributed by atoms with E-state index in [1.54, 1.807) is 30.3 Å². The number of aromatic carboxylic acids is 1. The second kappa shape index (κ2) is 8.82. The summed E-state index contributed by atoms with van der Waals surface area (Å²) in [6.07, 6.45) is 1.08. The van der Waals surface area contributed by atoms with Crippen molar-refractivity contribution in [2.24, 2.45) is 0 Å². The van der Waals surface area contributed by atoms with Gasteiger partial charge < -0.3 is 21.1 Å². The van der Waals surface area contributed by atoms with Gasteiger partial charge >= 0.3 is 11.7 Å². The van der Waals surface area contributed by atoms with Crippen molar-refractivity contribution in [2.45, 2.75) is 6.92 Å². The van der Waals surface area contributed by atoms with Crippen LogP contribution in [0.2, 0.25) is 0 Å². The zero-order chi connectivity index (χ0) is 21.7. The van der Waals surface area contributed by atoms with Gasteiger partial charge in [0, 0.05) is 25.7 Å². The summed E-state index contributed by atoms with van der Waals surface area (Å²) in [5, 5.41) is 30.1. The highest BCUT2D eigenvalue weighted by molar-refractivity contribution is 6.04. The maximum Gasteiger partial charge on any atom is 0.336 e. The van der Waals surface area contributed by atoms with Crippen LogP contribution in [0.15, 0.2) is 42.6 Å². The molecular weight excluding hydrogens is 392 g/mol. The lowest BCUT2D eigenvalue weighted by atomic mass is 10.0. The number of carboxylic acids is 1. The lowest BCUT2D eigenvalue weighted by Crippen LogP contribution is -2.26. The molecule has 0 fully saturated rings. The second-order valence-corrected chi connectivity index (χ2v) is 6.27. The SMILES string of the molecule is CC(=O)NCCNc1nc(Nc2ccc3c(C(=O)O)cccc3c2)ncc1[N+](=O)[O-]. The Balaban J connectivity index is 1.83. The Bertz CT molecular complexity index is 1130. The summed E-state index contributed by atoms with van der Waals surface area (Å²) >= 11 is 0. The predicted octanol–water partition coefficient (Wildman–Crippen LogP) is 2.53. The van der Waals surface area contributed by atoms with E-state index in [0.717, 1.165) is 6.20 Å². The molecule has 1 aromatic heterocycles. The molecule has 4 N–H and O–H groups in total. The molecule has 0 atom stereocenters. The average molecular weight is 410 g/mol. The number of anilines is 3. The van der Waals surface area contributed by atoms with Crippen molar-refractivity contribution in [2.75, 3.05) is 23.7 Å².